The van der Waals surface area contributed by atoms with Crippen LogP contribution in [0.2, 0.25) is 0 Å². The molecule has 0 amide bonds. The lowest BCUT2D eigenvalue weighted by Gasteiger charge is -2.36. The van der Waals surface area contributed by atoms with Crippen molar-refractivity contribution in [1.29, 1.82) is 0 Å². The van der Waals surface area contributed by atoms with Gasteiger partial charge in [0.1, 0.15) is 12.4 Å². The van der Waals surface area contributed by atoms with Gasteiger partial charge in [0.15, 0.2) is 0 Å². The van der Waals surface area contributed by atoms with Crippen LogP contribution in [0.3, 0.4) is 0 Å². The number of hydrogen-bond donors (Lipinski definition) is 1. The normalized spacial score (nSPS) is 18.6. The van der Waals surface area contributed by atoms with Gasteiger partial charge in [-0.2, -0.15) is 0 Å². The summed E-state index contributed by atoms with van der Waals surface area (Å²) >= 11 is 0. The van der Waals surface area contributed by atoms with Crippen molar-refractivity contribution in [3.05, 3.63) is 35.1 Å². The Kier molecular flexibility index (Phi) is 5.31. The van der Waals surface area contributed by atoms with Crippen LogP contribution in [0.4, 0.5) is 4.39 Å². The zero-order valence-electron chi connectivity index (χ0n) is 12.5. The highest BCUT2D eigenvalue weighted by molar-refractivity contribution is 5.68. The number of likely N-dealkylation sites (tertiary alicyclic amines) is 1. The molecule has 1 aromatic carbocycles. The number of nitrogens with zero attached hydrogens (tertiary/aromatic N) is 1. The predicted octanol–water partition coefficient (Wildman–Crippen LogP) is 2.76. The minimum atomic E-state index is -0.930. The first kappa shape index (κ1) is 15.9. The van der Waals surface area contributed by atoms with Crippen LogP contribution in [-0.4, -0.2) is 41.8 Å². The molecule has 0 saturated carbocycles. The van der Waals surface area contributed by atoms with Crippen molar-refractivity contribution in [2.75, 3.05) is 19.7 Å². The van der Waals surface area contributed by atoms with E-state index in [4.69, 9.17) is 9.84 Å². The Bertz CT molecular complexity index is 498. The third kappa shape index (κ3) is 4.25. The number of hydrogen-bond acceptors (Lipinski definition) is 3. The van der Waals surface area contributed by atoms with E-state index in [1.807, 2.05) is 12.1 Å². The molecule has 21 heavy (non-hydrogen) atoms. The van der Waals surface area contributed by atoms with Crippen molar-refractivity contribution in [3.63, 3.8) is 0 Å². The van der Waals surface area contributed by atoms with Crippen molar-refractivity contribution >= 4 is 5.97 Å². The number of aryl methyl sites for hydroxylation is 1. The molecule has 1 atom stereocenters. The van der Waals surface area contributed by atoms with Crippen LogP contribution >= 0.6 is 0 Å². The van der Waals surface area contributed by atoms with Crippen LogP contribution in [-0.2, 0) is 9.53 Å². The Hall–Kier alpha value is -1.46. The van der Waals surface area contributed by atoms with Crippen LogP contribution in [0, 0.1) is 12.7 Å². The second kappa shape index (κ2) is 7.00. The number of benzene rings is 1. The molecule has 0 radical (unpaired) electrons. The summed E-state index contributed by atoms with van der Waals surface area (Å²) in [5.74, 6) is -1.10. The van der Waals surface area contributed by atoms with Crippen LogP contribution in [0.15, 0.2) is 18.2 Å². The van der Waals surface area contributed by atoms with Gasteiger partial charge in [0.05, 0.1) is 6.10 Å². The van der Waals surface area contributed by atoms with E-state index in [0.717, 1.165) is 31.5 Å². The van der Waals surface area contributed by atoms with Gasteiger partial charge in [-0.15, -0.1) is 0 Å². The van der Waals surface area contributed by atoms with E-state index in [1.54, 1.807) is 13.0 Å². The second-order valence-corrected chi connectivity index (χ2v) is 5.62. The van der Waals surface area contributed by atoms with E-state index in [9.17, 15) is 9.18 Å². The van der Waals surface area contributed by atoms with Gasteiger partial charge in [-0.05, 0) is 43.9 Å². The van der Waals surface area contributed by atoms with Gasteiger partial charge in [-0.25, -0.2) is 9.18 Å². The van der Waals surface area contributed by atoms with Crippen LogP contribution in [0.1, 0.15) is 36.9 Å². The lowest BCUT2D eigenvalue weighted by Crippen LogP contribution is -2.39. The first-order chi connectivity index (χ1) is 9.97. The molecule has 0 aliphatic carbocycles. The fraction of sp³-hybridized carbons (Fsp3) is 0.562. The molecule has 1 unspecified atom stereocenters. The highest BCUT2D eigenvalue weighted by Gasteiger charge is 2.24. The summed E-state index contributed by atoms with van der Waals surface area (Å²) in [7, 11) is 0. The fourth-order valence-electron chi connectivity index (χ4n) is 2.70. The Morgan fingerprint density at radius 3 is 2.71 bits per heavy atom. The Balaban J connectivity index is 1.89. The minimum absolute atomic E-state index is 0.0132. The summed E-state index contributed by atoms with van der Waals surface area (Å²) in [6.07, 6.45) is 1.64. The third-order valence-corrected chi connectivity index (χ3v) is 4.15. The molecule has 1 fully saturated rings. The number of aliphatic carboxylic acids is 1. The van der Waals surface area contributed by atoms with Crippen LogP contribution in [0.5, 0.6) is 0 Å². The molecule has 1 heterocycles. The SMILES string of the molecule is Cc1ccc(C(C)N2CCC(OCC(=O)O)CC2)cc1F. The van der Waals surface area contributed by atoms with Gasteiger partial charge in [0, 0.05) is 19.1 Å². The molecule has 5 heteroatoms. The molecule has 0 spiro atoms. The van der Waals surface area contributed by atoms with Gasteiger partial charge < -0.3 is 9.84 Å². The first-order valence-corrected chi connectivity index (χ1v) is 7.31. The first-order valence-electron chi connectivity index (χ1n) is 7.31. The van der Waals surface area contributed by atoms with Gasteiger partial charge in [-0.1, -0.05) is 12.1 Å². The number of piperidine rings is 1. The van der Waals surface area contributed by atoms with E-state index < -0.39 is 5.97 Å². The highest BCUT2D eigenvalue weighted by atomic mass is 19.1. The van der Waals surface area contributed by atoms with Crippen molar-refractivity contribution in [3.8, 4) is 0 Å². The quantitative estimate of drug-likeness (QED) is 0.907. The molecule has 0 bridgehead atoms. The minimum Gasteiger partial charge on any atom is -0.480 e. The number of carbonyl (C=O) groups is 1. The van der Waals surface area contributed by atoms with Crippen molar-refractivity contribution in [2.45, 2.75) is 38.8 Å². The number of carboxylic acid groups (broad SMARTS) is 1. The van der Waals surface area contributed by atoms with Crippen LogP contribution < -0.4 is 0 Å². The second-order valence-electron chi connectivity index (χ2n) is 5.62. The molecule has 4 nitrogen and oxygen atoms in total. The Labute approximate surface area is 124 Å². The number of halogens is 1. The largest absolute Gasteiger partial charge is 0.480 e. The maximum Gasteiger partial charge on any atom is 0.329 e. The van der Waals surface area contributed by atoms with Crippen LogP contribution in [0.25, 0.3) is 0 Å². The van der Waals surface area contributed by atoms with E-state index in [0.29, 0.717) is 5.56 Å². The average Bonchev–Trinajstić information content (AvgIpc) is 2.48. The number of rotatable bonds is 5. The maximum atomic E-state index is 13.7. The standard InChI is InChI=1S/C16H22FNO3/c1-11-3-4-13(9-15(11)17)12(2)18-7-5-14(6-8-18)21-10-16(19)20/h3-4,9,12,14H,5-8,10H2,1-2H3,(H,19,20). The predicted molar refractivity (Wildman–Crippen MR) is 77.7 cm³/mol. The summed E-state index contributed by atoms with van der Waals surface area (Å²) in [4.78, 5) is 12.8. The summed E-state index contributed by atoms with van der Waals surface area (Å²) in [6.45, 7) is 5.27. The van der Waals surface area contributed by atoms with Gasteiger partial charge in [-0.3, -0.25) is 4.90 Å². The lowest BCUT2D eigenvalue weighted by molar-refractivity contribution is -0.145. The molecule has 1 aliphatic rings. The van der Waals surface area contributed by atoms with E-state index in [1.165, 1.54) is 0 Å². The Morgan fingerprint density at radius 2 is 2.14 bits per heavy atom. The smallest absolute Gasteiger partial charge is 0.329 e. The Morgan fingerprint density at radius 1 is 1.48 bits per heavy atom. The van der Waals surface area contributed by atoms with Crippen molar-refractivity contribution < 1.29 is 19.0 Å². The van der Waals surface area contributed by atoms with Gasteiger partial charge in [0.25, 0.3) is 0 Å². The summed E-state index contributed by atoms with van der Waals surface area (Å²) in [6, 6.07) is 5.54. The summed E-state index contributed by atoms with van der Waals surface area (Å²) < 4.78 is 19.0. The molecule has 1 aliphatic heterocycles. The van der Waals surface area contributed by atoms with Gasteiger partial charge in [0.2, 0.25) is 0 Å². The maximum absolute atomic E-state index is 13.7. The molecule has 2 rings (SSSR count). The number of ether oxygens (including phenoxy) is 1. The average molecular weight is 295 g/mol. The van der Waals surface area contributed by atoms with E-state index >= 15 is 0 Å². The molecule has 1 aromatic rings. The topological polar surface area (TPSA) is 49.8 Å². The lowest BCUT2D eigenvalue weighted by atomic mass is 10.0. The highest BCUT2D eigenvalue weighted by Crippen LogP contribution is 2.26. The molecular weight excluding hydrogens is 273 g/mol. The molecule has 0 aromatic heterocycles. The van der Waals surface area contributed by atoms with Gasteiger partial charge >= 0.3 is 5.97 Å². The van der Waals surface area contributed by atoms with Crippen molar-refractivity contribution in [1.82, 2.24) is 4.90 Å². The zero-order valence-corrected chi connectivity index (χ0v) is 12.5. The molecule has 1 saturated heterocycles. The monoisotopic (exact) mass is 295 g/mol. The van der Waals surface area contributed by atoms with E-state index in [-0.39, 0.29) is 24.6 Å². The molecule has 116 valence electrons. The molecular formula is C16H22FNO3. The summed E-state index contributed by atoms with van der Waals surface area (Å²) in [5, 5.41) is 8.61. The van der Waals surface area contributed by atoms with E-state index in [2.05, 4.69) is 11.8 Å². The number of carboxylic acids is 1. The van der Waals surface area contributed by atoms with Crippen molar-refractivity contribution in [2.24, 2.45) is 0 Å². The molecule has 1 N–H and O–H groups in total. The zero-order chi connectivity index (χ0) is 15.4. The fourth-order valence-corrected chi connectivity index (χ4v) is 2.70. The summed E-state index contributed by atoms with van der Waals surface area (Å²) in [5.41, 5.74) is 1.63. The third-order valence-electron chi connectivity index (χ3n) is 4.15.